The predicted molar refractivity (Wildman–Crippen MR) is 94.3 cm³/mol. The van der Waals surface area contributed by atoms with Crippen LogP contribution in [0.25, 0.3) is 0 Å². The third kappa shape index (κ3) is 3.61. The molecule has 1 fully saturated rings. The van der Waals surface area contributed by atoms with Gasteiger partial charge < -0.3 is 9.47 Å². The smallest absolute Gasteiger partial charge is 0.293 e. The molecule has 1 aliphatic rings. The molecule has 128 valence electrons. The minimum Gasteiger partial charge on any atom is -0.352 e. The first-order valence-electron chi connectivity index (χ1n) is 8.37. The Balaban J connectivity index is 1.64. The van der Waals surface area contributed by atoms with E-state index in [9.17, 15) is 9.59 Å². The third-order valence-corrected chi connectivity index (χ3v) is 4.75. The van der Waals surface area contributed by atoms with E-state index in [1.165, 1.54) is 4.57 Å². The number of anilines is 1. The van der Waals surface area contributed by atoms with Gasteiger partial charge in [0.2, 0.25) is 0 Å². The third-order valence-electron chi connectivity index (χ3n) is 4.75. The normalized spacial score (nSPS) is 15.0. The van der Waals surface area contributed by atoms with Crippen molar-refractivity contribution in [1.29, 1.82) is 5.26 Å². The summed E-state index contributed by atoms with van der Waals surface area (Å²) in [7, 11) is 1.70. The maximum absolute atomic E-state index is 12.6. The Morgan fingerprint density at radius 2 is 2.04 bits per heavy atom. The minimum absolute atomic E-state index is 0.0319. The summed E-state index contributed by atoms with van der Waals surface area (Å²) >= 11 is 0. The molecule has 0 unspecified atom stereocenters. The number of piperidine rings is 1. The van der Waals surface area contributed by atoms with Crippen molar-refractivity contribution in [2.45, 2.75) is 19.3 Å². The van der Waals surface area contributed by atoms with Gasteiger partial charge in [-0.3, -0.25) is 9.59 Å². The highest BCUT2D eigenvalue weighted by Gasteiger charge is 2.27. The van der Waals surface area contributed by atoms with E-state index in [1.807, 2.05) is 17.0 Å². The number of Topliss-reactive ketones (excluding diaryl/α,β-unsaturated/α-hetero) is 1. The van der Waals surface area contributed by atoms with Gasteiger partial charge >= 0.3 is 0 Å². The molecule has 1 aromatic heterocycles. The SMILES string of the molecule is Cn1ccnc(N2CCC(C(=O)Cc3ccccc3C#N)CC2)c1=O. The van der Waals surface area contributed by atoms with Crippen LogP contribution >= 0.6 is 0 Å². The number of hydrogen-bond acceptors (Lipinski definition) is 5. The Bertz CT molecular complexity index is 873. The van der Waals surface area contributed by atoms with Crippen LogP contribution in [0.4, 0.5) is 5.82 Å². The molecule has 0 radical (unpaired) electrons. The first-order valence-corrected chi connectivity index (χ1v) is 8.37. The number of benzene rings is 1. The largest absolute Gasteiger partial charge is 0.352 e. The molecule has 1 aliphatic heterocycles. The zero-order valence-electron chi connectivity index (χ0n) is 14.2. The highest BCUT2D eigenvalue weighted by molar-refractivity contribution is 5.84. The standard InChI is InChI=1S/C19H20N4O2/c1-22-11-8-21-18(19(22)25)23-9-6-14(7-10-23)17(24)12-15-4-2-3-5-16(15)13-20/h2-5,8,11,14H,6-7,9-10,12H2,1H3. The maximum Gasteiger partial charge on any atom is 0.293 e. The van der Waals surface area contributed by atoms with Crippen LogP contribution in [0.2, 0.25) is 0 Å². The summed E-state index contributed by atoms with van der Waals surface area (Å²) in [5.74, 6) is 0.581. The molecule has 2 heterocycles. The van der Waals surface area contributed by atoms with Gasteiger partial charge in [-0.2, -0.15) is 5.26 Å². The van der Waals surface area contributed by atoms with E-state index in [-0.39, 0.29) is 17.3 Å². The van der Waals surface area contributed by atoms with E-state index >= 15 is 0 Å². The van der Waals surface area contributed by atoms with Gasteiger partial charge in [-0.25, -0.2) is 4.98 Å². The molecule has 6 nitrogen and oxygen atoms in total. The zero-order chi connectivity index (χ0) is 17.8. The van der Waals surface area contributed by atoms with Crippen molar-refractivity contribution in [2.75, 3.05) is 18.0 Å². The molecule has 0 N–H and O–H groups in total. The van der Waals surface area contributed by atoms with Crippen LogP contribution in [-0.2, 0) is 18.3 Å². The fraction of sp³-hybridized carbons (Fsp3) is 0.368. The van der Waals surface area contributed by atoms with Gasteiger partial charge in [-0.1, -0.05) is 18.2 Å². The molecule has 0 atom stereocenters. The van der Waals surface area contributed by atoms with Gasteiger partial charge in [0.1, 0.15) is 5.78 Å². The number of hydrogen-bond donors (Lipinski definition) is 0. The Labute approximate surface area is 146 Å². The number of ketones is 1. The zero-order valence-corrected chi connectivity index (χ0v) is 14.2. The van der Waals surface area contributed by atoms with Crippen LogP contribution in [0.3, 0.4) is 0 Å². The lowest BCUT2D eigenvalue weighted by Crippen LogP contribution is -2.40. The number of aromatic nitrogens is 2. The molecule has 25 heavy (non-hydrogen) atoms. The highest BCUT2D eigenvalue weighted by Crippen LogP contribution is 2.22. The van der Waals surface area contributed by atoms with Crippen molar-refractivity contribution in [2.24, 2.45) is 13.0 Å². The number of carbonyl (C=O) groups excluding carboxylic acids is 1. The maximum atomic E-state index is 12.6. The Kier molecular flexibility index (Phi) is 4.94. The fourth-order valence-corrected chi connectivity index (χ4v) is 3.23. The second-order valence-corrected chi connectivity index (χ2v) is 6.34. The molecule has 1 aromatic carbocycles. The van der Waals surface area contributed by atoms with Crippen molar-refractivity contribution in [3.63, 3.8) is 0 Å². The molecule has 0 bridgehead atoms. The Morgan fingerprint density at radius 1 is 1.32 bits per heavy atom. The second kappa shape index (κ2) is 7.31. The summed E-state index contributed by atoms with van der Waals surface area (Å²) < 4.78 is 1.51. The Morgan fingerprint density at radius 3 is 2.76 bits per heavy atom. The number of aryl methyl sites for hydroxylation is 1. The molecule has 0 amide bonds. The topological polar surface area (TPSA) is 79.0 Å². The first-order chi connectivity index (χ1) is 12.1. The molecule has 0 spiro atoms. The van der Waals surface area contributed by atoms with Gasteiger partial charge in [-0.15, -0.1) is 0 Å². The molecule has 6 heteroatoms. The van der Waals surface area contributed by atoms with Gasteiger partial charge in [0.15, 0.2) is 5.82 Å². The van der Waals surface area contributed by atoms with E-state index in [0.29, 0.717) is 43.7 Å². The average Bonchev–Trinajstić information content (AvgIpc) is 2.64. The van der Waals surface area contributed by atoms with E-state index in [0.717, 1.165) is 5.56 Å². The van der Waals surface area contributed by atoms with Crippen LogP contribution in [0.15, 0.2) is 41.5 Å². The molecule has 2 aromatic rings. The van der Waals surface area contributed by atoms with Crippen molar-refractivity contribution in [3.8, 4) is 6.07 Å². The second-order valence-electron chi connectivity index (χ2n) is 6.34. The summed E-state index contributed by atoms with van der Waals surface area (Å²) in [5, 5.41) is 9.14. The monoisotopic (exact) mass is 336 g/mol. The molecule has 3 rings (SSSR count). The molecule has 0 saturated carbocycles. The van der Waals surface area contributed by atoms with Crippen molar-refractivity contribution in [3.05, 3.63) is 58.1 Å². The van der Waals surface area contributed by atoms with Crippen LogP contribution in [0, 0.1) is 17.2 Å². The van der Waals surface area contributed by atoms with Gasteiger partial charge in [0.25, 0.3) is 5.56 Å². The summed E-state index contributed by atoms with van der Waals surface area (Å²) in [5.41, 5.74) is 1.23. The summed E-state index contributed by atoms with van der Waals surface area (Å²) in [6, 6.07) is 9.37. The van der Waals surface area contributed by atoms with Gasteiger partial charge in [-0.05, 0) is 24.5 Å². The molecule has 1 saturated heterocycles. The first kappa shape index (κ1) is 16.9. The van der Waals surface area contributed by atoms with Crippen LogP contribution in [-0.4, -0.2) is 28.4 Å². The lowest BCUT2D eigenvalue weighted by molar-refractivity contribution is -0.122. The van der Waals surface area contributed by atoms with Crippen molar-refractivity contribution >= 4 is 11.6 Å². The lowest BCUT2D eigenvalue weighted by atomic mass is 9.88. The number of carbonyl (C=O) groups is 1. The predicted octanol–water partition coefficient (Wildman–Crippen LogP) is 1.68. The highest BCUT2D eigenvalue weighted by atomic mass is 16.1. The molecular formula is C19H20N4O2. The van der Waals surface area contributed by atoms with E-state index in [1.54, 1.807) is 31.6 Å². The van der Waals surface area contributed by atoms with E-state index < -0.39 is 0 Å². The van der Waals surface area contributed by atoms with Crippen molar-refractivity contribution < 1.29 is 4.79 Å². The minimum atomic E-state index is -0.116. The van der Waals surface area contributed by atoms with Crippen molar-refractivity contribution in [1.82, 2.24) is 9.55 Å². The summed E-state index contributed by atoms with van der Waals surface area (Å²) in [6.07, 6.45) is 4.95. The average molecular weight is 336 g/mol. The van der Waals surface area contributed by atoms with E-state index in [4.69, 9.17) is 5.26 Å². The quantitative estimate of drug-likeness (QED) is 0.849. The number of nitriles is 1. The summed E-state index contributed by atoms with van der Waals surface area (Å²) in [4.78, 5) is 30.9. The van der Waals surface area contributed by atoms with Crippen LogP contribution < -0.4 is 10.5 Å². The van der Waals surface area contributed by atoms with E-state index in [2.05, 4.69) is 11.1 Å². The van der Waals surface area contributed by atoms with Crippen LogP contribution in [0.1, 0.15) is 24.0 Å². The Hall–Kier alpha value is -2.94. The summed E-state index contributed by atoms with van der Waals surface area (Å²) in [6.45, 7) is 1.28. The molecular weight excluding hydrogens is 316 g/mol. The number of nitrogens with zero attached hydrogens (tertiary/aromatic N) is 4. The van der Waals surface area contributed by atoms with Gasteiger partial charge in [0.05, 0.1) is 11.6 Å². The van der Waals surface area contributed by atoms with Crippen LogP contribution in [0.5, 0.6) is 0 Å². The van der Waals surface area contributed by atoms with Gasteiger partial charge in [0, 0.05) is 44.9 Å². The molecule has 0 aliphatic carbocycles. The fourth-order valence-electron chi connectivity index (χ4n) is 3.23. The number of rotatable bonds is 4. The lowest BCUT2D eigenvalue weighted by Gasteiger charge is -2.31.